The van der Waals surface area contributed by atoms with Crippen LogP contribution in [-0.2, 0) is 21.7 Å². The molecule has 0 aliphatic carbocycles. The zero-order valence-corrected chi connectivity index (χ0v) is 17.5. The van der Waals surface area contributed by atoms with Crippen LogP contribution in [0.5, 0.6) is 0 Å². The summed E-state index contributed by atoms with van der Waals surface area (Å²) in [6.07, 6.45) is 4.91. The van der Waals surface area contributed by atoms with E-state index in [0.717, 1.165) is 33.4 Å². The van der Waals surface area contributed by atoms with Crippen molar-refractivity contribution < 1.29 is 13.9 Å². The average molecular weight is 393 g/mol. The van der Waals surface area contributed by atoms with E-state index in [1.54, 1.807) is 31.3 Å². The third kappa shape index (κ3) is 4.32. The quantitative estimate of drug-likeness (QED) is 0.633. The number of hydrogen-bond acceptors (Lipinski definition) is 5. The lowest BCUT2D eigenvalue weighted by molar-refractivity contribution is -0.125. The highest BCUT2D eigenvalue weighted by atomic mass is 16.5. The highest BCUT2D eigenvalue weighted by molar-refractivity contribution is 5.92. The van der Waals surface area contributed by atoms with Gasteiger partial charge in [-0.2, -0.15) is 0 Å². The van der Waals surface area contributed by atoms with Gasteiger partial charge in [0.25, 0.3) is 0 Å². The summed E-state index contributed by atoms with van der Waals surface area (Å²) in [6.45, 7) is 6.23. The number of ether oxygens (including phenoxy) is 1. The van der Waals surface area contributed by atoms with Crippen molar-refractivity contribution in [1.29, 1.82) is 0 Å². The summed E-state index contributed by atoms with van der Waals surface area (Å²) < 4.78 is 11.3. The molecule has 0 aliphatic heterocycles. The summed E-state index contributed by atoms with van der Waals surface area (Å²) in [4.78, 5) is 18.5. The molecule has 1 aromatic carbocycles. The van der Waals surface area contributed by atoms with Gasteiger partial charge in [-0.1, -0.05) is 18.2 Å². The van der Waals surface area contributed by atoms with Crippen LogP contribution in [0.4, 0.5) is 5.82 Å². The van der Waals surface area contributed by atoms with Crippen LogP contribution in [0.2, 0.25) is 0 Å². The normalized spacial score (nSPS) is 12.0. The Labute approximate surface area is 171 Å². The first-order valence-electron chi connectivity index (χ1n) is 9.44. The number of carbonyl (C=O) groups excluding carboxylic acids is 1. The van der Waals surface area contributed by atoms with Crippen molar-refractivity contribution in [3.63, 3.8) is 0 Å². The van der Waals surface area contributed by atoms with Crippen molar-refractivity contribution in [2.24, 2.45) is 0 Å². The van der Waals surface area contributed by atoms with E-state index < -0.39 is 5.60 Å². The molecule has 3 rings (SSSR count). The van der Waals surface area contributed by atoms with E-state index in [2.05, 4.69) is 4.98 Å². The fourth-order valence-corrected chi connectivity index (χ4v) is 3.20. The van der Waals surface area contributed by atoms with Gasteiger partial charge in [0.2, 0.25) is 5.91 Å². The smallest absolute Gasteiger partial charge is 0.246 e. The number of rotatable bonds is 6. The number of pyridine rings is 1. The molecular formula is C23H27N3O3. The molecule has 3 aromatic rings. The Morgan fingerprint density at radius 1 is 1.34 bits per heavy atom. The van der Waals surface area contributed by atoms with Crippen LogP contribution in [0.3, 0.4) is 0 Å². The number of aryl methyl sites for hydroxylation is 1. The maximum Gasteiger partial charge on any atom is 0.246 e. The van der Waals surface area contributed by atoms with Crippen molar-refractivity contribution in [2.45, 2.75) is 32.9 Å². The lowest BCUT2D eigenvalue weighted by Gasteiger charge is -2.24. The van der Waals surface area contributed by atoms with Crippen LogP contribution in [0.25, 0.3) is 17.0 Å². The number of nitrogens with zero attached hydrogens (tertiary/aromatic N) is 2. The van der Waals surface area contributed by atoms with Gasteiger partial charge in [-0.15, -0.1) is 0 Å². The number of hydrogen-bond donors (Lipinski definition) is 1. The molecule has 152 valence electrons. The van der Waals surface area contributed by atoms with E-state index in [0.29, 0.717) is 12.4 Å². The predicted octanol–water partition coefficient (Wildman–Crippen LogP) is 4.27. The van der Waals surface area contributed by atoms with Crippen LogP contribution < -0.4 is 5.73 Å². The number of likely N-dealkylation sites (N-methyl/N-ethyl adjacent to an activating group) is 1. The van der Waals surface area contributed by atoms with E-state index in [4.69, 9.17) is 14.9 Å². The number of nitrogens with two attached hydrogens (primary N) is 1. The second kappa shape index (κ2) is 8.09. The Kier molecular flexibility index (Phi) is 5.75. The van der Waals surface area contributed by atoms with Crippen LogP contribution in [0.1, 0.15) is 36.3 Å². The summed E-state index contributed by atoms with van der Waals surface area (Å²) >= 11 is 0. The van der Waals surface area contributed by atoms with Crippen molar-refractivity contribution in [3.8, 4) is 0 Å². The number of nitrogen functional groups attached to an aromatic ring is 1. The summed E-state index contributed by atoms with van der Waals surface area (Å²) in [5.41, 5.74) is 8.84. The third-order valence-electron chi connectivity index (χ3n) is 5.19. The number of anilines is 1. The van der Waals surface area contributed by atoms with Crippen molar-refractivity contribution >= 4 is 28.8 Å². The first-order chi connectivity index (χ1) is 13.7. The van der Waals surface area contributed by atoms with Gasteiger partial charge in [-0.05, 0) is 44.5 Å². The van der Waals surface area contributed by atoms with Crippen LogP contribution in [-0.4, -0.2) is 29.9 Å². The molecule has 1 amide bonds. The fraction of sp³-hybridized carbons (Fsp3) is 0.304. The molecule has 29 heavy (non-hydrogen) atoms. The molecule has 0 saturated heterocycles. The van der Waals surface area contributed by atoms with Crippen molar-refractivity contribution in [3.05, 3.63) is 65.1 Å². The van der Waals surface area contributed by atoms with E-state index in [9.17, 15) is 4.79 Å². The zero-order valence-electron chi connectivity index (χ0n) is 17.5. The fourth-order valence-electron chi connectivity index (χ4n) is 3.20. The van der Waals surface area contributed by atoms with E-state index in [1.807, 2.05) is 51.1 Å². The molecule has 2 aromatic heterocycles. The number of para-hydroxylation sites is 1. The van der Waals surface area contributed by atoms with Gasteiger partial charge in [-0.3, -0.25) is 4.79 Å². The molecule has 0 spiro atoms. The molecule has 0 bridgehead atoms. The first kappa shape index (κ1) is 20.6. The standard InChI is InChI=1S/C23H27N3O3/c1-15-18(17-8-6-7-9-20(17)29-15)14-26(4)21(27)11-10-16-12-19(22(24)25-13-16)23(2,3)28-5/h6-13H,14H2,1-5H3,(H2,24,25)/b11-10+. The summed E-state index contributed by atoms with van der Waals surface area (Å²) in [5.74, 6) is 1.13. The highest BCUT2D eigenvalue weighted by Crippen LogP contribution is 2.29. The number of furan rings is 1. The maximum absolute atomic E-state index is 12.6. The van der Waals surface area contributed by atoms with Gasteiger partial charge in [0.15, 0.2) is 0 Å². The molecule has 6 heteroatoms. The number of aromatic nitrogens is 1. The monoisotopic (exact) mass is 393 g/mol. The van der Waals surface area contributed by atoms with Gasteiger partial charge in [-0.25, -0.2) is 4.98 Å². The first-order valence-corrected chi connectivity index (χ1v) is 9.44. The second-order valence-corrected chi connectivity index (χ2v) is 7.58. The minimum atomic E-state index is -0.568. The highest BCUT2D eigenvalue weighted by Gasteiger charge is 2.23. The molecule has 0 saturated carbocycles. The summed E-state index contributed by atoms with van der Waals surface area (Å²) in [7, 11) is 3.40. The van der Waals surface area contributed by atoms with Gasteiger partial charge >= 0.3 is 0 Å². The molecule has 0 atom stereocenters. The van der Waals surface area contributed by atoms with Crippen LogP contribution in [0.15, 0.2) is 47.0 Å². The van der Waals surface area contributed by atoms with Gasteiger partial charge in [0.1, 0.15) is 17.2 Å². The molecule has 0 aliphatic rings. The second-order valence-electron chi connectivity index (χ2n) is 7.58. The van der Waals surface area contributed by atoms with Crippen molar-refractivity contribution in [1.82, 2.24) is 9.88 Å². The van der Waals surface area contributed by atoms with Gasteiger partial charge in [0.05, 0.1) is 5.60 Å². The Morgan fingerprint density at radius 3 is 2.79 bits per heavy atom. The average Bonchev–Trinajstić information content (AvgIpc) is 3.02. The van der Waals surface area contributed by atoms with Crippen LogP contribution >= 0.6 is 0 Å². The Bertz CT molecular complexity index is 1070. The number of methoxy groups -OCH3 is 1. The number of benzene rings is 1. The molecule has 0 radical (unpaired) electrons. The number of fused-ring (bicyclic) bond motifs is 1. The molecule has 2 heterocycles. The van der Waals surface area contributed by atoms with Gasteiger partial charge < -0.3 is 19.8 Å². The Morgan fingerprint density at radius 2 is 2.07 bits per heavy atom. The number of amides is 1. The van der Waals surface area contributed by atoms with Crippen LogP contribution in [0, 0.1) is 6.92 Å². The molecule has 2 N–H and O–H groups in total. The lowest BCUT2D eigenvalue weighted by atomic mass is 9.97. The molecule has 0 unspecified atom stereocenters. The van der Waals surface area contributed by atoms with E-state index in [-0.39, 0.29) is 5.91 Å². The topological polar surface area (TPSA) is 81.6 Å². The Balaban J connectivity index is 1.77. The lowest BCUT2D eigenvalue weighted by Crippen LogP contribution is -2.24. The van der Waals surface area contributed by atoms with Crippen molar-refractivity contribution in [2.75, 3.05) is 19.9 Å². The zero-order chi connectivity index (χ0) is 21.2. The molecule has 0 fully saturated rings. The largest absolute Gasteiger partial charge is 0.461 e. The maximum atomic E-state index is 12.6. The third-order valence-corrected chi connectivity index (χ3v) is 5.19. The minimum absolute atomic E-state index is 0.112. The number of carbonyl (C=O) groups is 1. The van der Waals surface area contributed by atoms with Gasteiger partial charge in [0, 0.05) is 49.5 Å². The van der Waals surface area contributed by atoms with E-state index in [1.165, 1.54) is 6.08 Å². The summed E-state index contributed by atoms with van der Waals surface area (Å²) in [6, 6.07) is 9.74. The Hall–Kier alpha value is -3.12. The molecular weight excluding hydrogens is 366 g/mol. The summed E-state index contributed by atoms with van der Waals surface area (Å²) in [5, 5.41) is 1.03. The van der Waals surface area contributed by atoms with E-state index >= 15 is 0 Å². The minimum Gasteiger partial charge on any atom is -0.461 e. The SMILES string of the molecule is COC(C)(C)c1cc(/C=C/C(=O)N(C)Cc2c(C)oc3ccccc23)cnc1N. The predicted molar refractivity (Wildman–Crippen MR) is 115 cm³/mol. The molecule has 6 nitrogen and oxygen atoms in total.